The van der Waals surface area contributed by atoms with Crippen LogP contribution in [0.4, 0.5) is 0 Å². The Morgan fingerprint density at radius 1 is 0.440 bits per heavy atom. The maximum atomic E-state index is 3.99. The summed E-state index contributed by atoms with van der Waals surface area (Å²) in [5.41, 5.74) is 0. The van der Waals surface area contributed by atoms with E-state index >= 15 is 0 Å². The fourth-order valence-electron chi connectivity index (χ4n) is 4.08. The largest absolute Gasteiger partial charge is 0.0654 e. The molecule has 1 unspecified atom stereocenters. The first-order chi connectivity index (χ1) is 12.3. The SMILES string of the molecule is [CH2]CCCC(CCC)CCCCCCCCCCCCCCCCC. The van der Waals surface area contributed by atoms with Gasteiger partial charge in [0.05, 0.1) is 0 Å². The quantitative estimate of drug-likeness (QED) is 0.180. The molecule has 0 nitrogen and oxygen atoms in total. The van der Waals surface area contributed by atoms with Crippen LogP contribution in [0.25, 0.3) is 0 Å². The first-order valence-electron chi connectivity index (χ1n) is 12.1. The summed E-state index contributed by atoms with van der Waals surface area (Å²) < 4.78 is 0. The average Bonchev–Trinajstić information content (AvgIpc) is 2.62. The molecule has 0 bridgehead atoms. The molecule has 0 spiro atoms. The van der Waals surface area contributed by atoms with Crippen LogP contribution in [0.2, 0.25) is 0 Å². The first kappa shape index (κ1) is 25.0. The minimum absolute atomic E-state index is 0.994. The molecule has 0 aromatic carbocycles. The van der Waals surface area contributed by atoms with Gasteiger partial charge in [0.2, 0.25) is 0 Å². The van der Waals surface area contributed by atoms with Gasteiger partial charge in [-0.2, -0.15) is 0 Å². The summed E-state index contributed by atoms with van der Waals surface area (Å²) in [6.07, 6.45) is 30.2. The predicted molar refractivity (Wildman–Crippen MR) is 117 cm³/mol. The molecule has 0 aromatic rings. The number of rotatable bonds is 21. The molecular weight excluding hydrogens is 300 g/mol. The van der Waals surface area contributed by atoms with Gasteiger partial charge in [-0.05, 0) is 5.92 Å². The lowest BCUT2D eigenvalue weighted by molar-refractivity contribution is 0.385. The third kappa shape index (κ3) is 20.2. The van der Waals surface area contributed by atoms with E-state index in [2.05, 4.69) is 20.8 Å². The number of hydrogen-bond donors (Lipinski definition) is 0. The standard InChI is InChI=1S/C25H51/c1-4-7-9-10-11-12-13-14-15-16-17-18-19-20-21-24-25(22-6-3)23-8-5-2/h25H,2,4-24H2,1,3H3. The molecule has 0 fully saturated rings. The molecule has 0 N–H and O–H groups in total. The van der Waals surface area contributed by atoms with Gasteiger partial charge in [0.15, 0.2) is 0 Å². The summed E-state index contributed by atoms with van der Waals surface area (Å²) in [5, 5.41) is 0. The summed E-state index contributed by atoms with van der Waals surface area (Å²) in [6.45, 7) is 8.63. The van der Waals surface area contributed by atoms with Crippen molar-refractivity contribution in [3.05, 3.63) is 6.92 Å². The van der Waals surface area contributed by atoms with E-state index < -0.39 is 0 Å². The van der Waals surface area contributed by atoms with Crippen molar-refractivity contribution in [2.24, 2.45) is 5.92 Å². The second-order valence-corrected chi connectivity index (χ2v) is 8.39. The van der Waals surface area contributed by atoms with Crippen LogP contribution in [-0.4, -0.2) is 0 Å². The monoisotopic (exact) mass is 351 g/mol. The van der Waals surface area contributed by atoms with Crippen LogP contribution in [0.3, 0.4) is 0 Å². The van der Waals surface area contributed by atoms with E-state index in [0.29, 0.717) is 0 Å². The zero-order valence-corrected chi connectivity index (χ0v) is 18.1. The van der Waals surface area contributed by atoms with Crippen LogP contribution in [0.5, 0.6) is 0 Å². The second-order valence-electron chi connectivity index (χ2n) is 8.39. The zero-order valence-electron chi connectivity index (χ0n) is 18.1. The number of unbranched alkanes of at least 4 members (excludes halogenated alkanes) is 15. The highest BCUT2D eigenvalue weighted by Crippen LogP contribution is 2.22. The highest BCUT2D eigenvalue weighted by molar-refractivity contribution is 4.60. The Bertz CT molecular complexity index is 220. The van der Waals surface area contributed by atoms with Gasteiger partial charge < -0.3 is 0 Å². The normalized spacial score (nSPS) is 12.6. The molecule has 0 aliphatic rings. The fraction of sp³-hybridized carbons (Fsp3) is 0.960. The Morgan fingerprint density at radius 3 is 1.24 bits per heavy atom. The molecule has 0 aromatic heterocycles. The molecule has 1 atom stereocenters. The first-order valence-corrected chi connectivity index (χ1v) is 12.1. The molecule has 25 heavy (non-hydrogen) atoms. The maximum Gasteiger partial charge on any atom is -0.0414 e. The Labute approximate surface area is 161 Å². The molecule has 0 heteroatoms. The highest BCUT2D eigenvalue weighted by atomic mass is 14.1. The Hall–Kier alpha value is 0. The van der Waals surface area contributed by atoms with Gasteiger partial charge in [-0.25, -0.2) is 0 Å². The highest BCUT2D eigenvalue weighted by Gasteiger charge is 2.06. The van der Waals surface area contributed by atoms with E-state index in [4.69, 9.17) is 0 Å². The molecule has 151 valence electrons. The second kappa shape index (κ2) is 22.0. The van der Waals surface area contributed by atoms with Crippen LogP contribution < -0.4 is 0 Å². The topological polar surface area (TPSA) is 0 Å². The molecule has 0 aliphatic heterocycles. The molecule has 1 radical (unpaired) electrons. The molecule has 0 heterocycles. The lowest BCUT2D eigenvalue weighted by atomic mass is 9.91. The summed E-state index contributed by atoms with van der Waals surface area (Å²) in [5.74, 6) is 0.994. The van der Waals surface area contributed by atoms with Gasteiger partial charge in [0.25, 0.3) is 0 Å². The van der Waals surface area contributed by atoms with E-state index in [1.54, 1.807) is 0 Å². The molecule has 0 saturated heterocycles. The lowest BCUT2D eigenvalue weighted by Crippen LogP contribution is -2.00. The van der Waals surface area contributed by atoms with Crippen molar-refractivity contribution in [1.82, 2.24) is 0 Å². The van der Waals surface area contributed by atoms with Gasteiger partial charge in [-0.3, -0.25) is 0 Å². The summed E-state index contributed by atoms with van der Waals surface area (Å²) in [7, 11) is 0. The van der Waals surface area contributed by atoms with Gasteiger partial charge in [0.1, 0.15) is 0 Å². The van der Waals surface area contributed by atoms with Gasteiger partial charge in [0, 0.05) is 0 Å². The lowest BCUT2D eigenvalue weighted by Gasteiger charge is -2.15. The molecule has 0 saturated carbocycles. The van der Waals surface area contributed by atoms with Crippen molar-refractivity contribution in [2.45, 2.75) is 149 Å². The number of hydrogen-bond acceptors (Lipinski definition) is 0. The Balaban J connectivity index is 3.19. The Morgan fingerprint density at radius 2 is 0.840 bits per heavy atom. The predicted octanol–water partition coefficient (Wildman–Crippen LogP) is 9.67. The van der Waals surface area contributed by atoms with Crippen LogP contribution in [0.1, 0.15) is 149 Å². The molecule has 0 amide bonds. The van der Waals surface area contributed by atoms with Crippen molar-refractivity contribution >= 4 is 0 Å². The van der Waals surface area contributed by atoms with E-state index in [0.717, 1.165) is 12.3 Å². The molecule has 0 aliphatic carbocycles. The van der Waals surface area contributed by atoms with Crippen LogP contribution in [0, 0.1) is 12.8 Å². The van der Waals surface area contributed by atoms with Crippen LogP contribution in [0.15, 0.2) is 0 Å². The van der Waals surface area contributed by atoms with Gasteiger partial charge in [-0.15, -0.1) is 0 Å². The van der Waals surface area contributed by atoms with E-state index in [1.165, 1.54) is 128 Å². The zero-order chi connectivity index (χ0) is 18.4. The average molecular weight is 352 g/mol. The van der Waals surface area contributed by atoms with Gasteiger partial charge in [-0.1, -0.05) is 156 Å². The van der Waals surface area contributed by atoms with Crippen molar-refractivity contribution in [1.29, 1.82) is 0 Å². The minimum Gasteiger partial charge on any atom is -0.0654 e. The van der Waals surface area contributed by atoms with Crippen molar-refractivity contribution in [3.63, 3.8) is 0 Å². The van der Waals surface area contributed by atoms with E-state index in [-0.39, 0.29) is 0 Å². The van der Waals surface area contributed by atoms with Crippen molar-refractivity contribution in [2.75, 3.05) is 0 Å². The smallest absolute Gasteiger partial charge is 0.0414 e. The van der Waals surface area contributed by atoms with Crippen molar-refractivity contribution < 1.29 is 0 Å². The van der Waals surface area contributed by atoms with E-state index in [9.17, 15) is 0 Å². The molecule has 0 rings (SSSR count). The fourth-order valence-corrected chi connectivity index (χ4v) is 4.08. The molecular formula is C25H51. The third-order valence-corrected chi connectivity index (χ3v) is 5.78. The summed E-state index contributed by atoms with van der Waals surface area (Å²) >= 11 is 0. The minimum atomic E-state index is 0.994. The van der Waals surface area contributed by atoms with Crippen LogP contribution >= 0.6 is 0 Å². The Kier molecular flexibility index (Phi) is 22.0. The van der Waals surface area contributed by atoms with Gasteiger partial charge >= 0.3 is 0 Å². The summed E-state index contributed by atoms with van der Waals surface area (Å²) in [6, 6.07) is 0. The van der Waals surface area contributed by atoms with E-state index in [1.807, 2.05) is 0 Å². The maximum absolute atomic E-state index is 3.99. The third-order valence-electron chi connectivity index (χ3n) is 5.78. The van der Waals surface area contributed by atoms with Crippen LogP contribution in [-0.2, 0) is 0 Å². The van der Waals surface area contributed by atoms with Crippen molar-refractivity contribution in [3.8, 4) is 0 Å². The summed E-state index contributed by atoms with van der Waals surface area (Å²) in [4.78, 5) is 0.